The lowest BCUT2D eigenvalue weighted by Gasteiger charge is -2.37. The summed E-state index contributed by atoms with van der Waals surface area (Å²) in [5, 5.41) is 10.4. The van der Waals surface area contributed by atoms with Crippen LogP contribution in [0.3, 0.4) is 0 Å². The predicted molar refractivity (Wildman–Crippen MR) is 132 cm³/mol. The third-order valence-electron chi connectivity index (χ3n) is 6.21. The fourth-order valence-electron chi connectivity index (χ4n) is 4.39. The average Bonchev–Trinajstić information content (AvgIpc) is 3.50. The number of piperidine rings is 1. The summed E-state index contributed by atoms with van der Waals surface area (Å²) >= 11 is 7.69. The zero-order valence-corrected chi connectivity index (χ0v) is 20.4. The maximum absolute atomic E-state index is 12.7. The Morgan fingerprint density at radius 1 is 1.00 bits per heavy atom. The Hall–Kier alpha value is -2.39. The second-order valence-electron chi connectivity index (χ2n) is 8.42. The van der Waals surface area contributed by atoms with Crippen LogP contribution in [0.25, 0.3) is 17.1 Å². The molecule has 1 amide bonds. The van der Waals surface area contributed by atoms with Crippen molar-refractivity contribution in [2.75, 3.05) is 32.1 Å². The molecule has 3 heterocycles. The number of carbonyl (C=O) groups excluding carboxylic acids is 1. The van der Waals surface area contributed by atoms with Crippen LogP contribution in [0, 0.1) is 0 Å². The van der Waals surface area contributed by atoms with Gasteiger partial charge in [-0.25, -0.2) is 0 Å². The molecule has 0 N–H and O–H groups in total. The molecular weight excluding hydrogens is 472 g/mol. The fourth-order valence-corrected chi connectivity index (χ4v) is 5.40. The van der Waals surface area contributed by atoms with Gasteiger partial charge in [-0.2, -0.15) is 0 Å². The summed E-state index contributed by atoms with van der Waals surface area (Å²) in [5.74, 6) is 1.29. The molecule has 2 aliphatic rings. The van der Waals surface area contributed by atoms with Gasteiger partial charge in [0, 0.05) is 54.4 Å². The summed E-state index contributed by atoms with van der Waals surface area (Å²) in [5.41, 5.74) is 1.94. The Bertz CT molecular complexity index is 1110. The third-order valence-corrected chi connectivity index (χ3v) is 7.48. The van der Waals surface area contributed by atoms with E-state index in [1.165, 1.54) is 0 Å². The number of hydrogen-bond acceptors (Lipinski definition) is 6. The average molecular weight is 499 g/mol. The molecule has 34 heavy (non-hydrogen) atoms. The quantitative estimate of drug-likeness (QED) is 0.343. The predicted octanol–water partition coefficient (Wildman–Crippen LogP) is 4.83. The van der Waals surface area contributed by atoms with Crippen molar-refractivity contribution in [1.29, 1.82) is 0 Å². The highest BCUT2D eigenvalue weighted by atomic mass is 35.5. The van der Waals surface area contributed by atoms with Crippen LogP contribution in [0.2, 0.25) is 5.02 Å². The van der Waals surface area contributed by atoms with Crippen LogP contribution in [-0.4, -0.2) is 63.4 Å². The van der Waals surface area contributed by atoms with Crippen molar-refractivity contribution in [2.24, 2.45) is 0 Å². The Morgan fingerprint density at radius 2 is 1.71 bits per heavy atom. The number of hydrogen-bond donors (Lipinski definition) is 0. The van der Waals surface area contributed by atoms with Crippen molar-refractivity contribution in [2.45, 2.75) is 36.6 Å². The Labute approximate surface area is 208 Å². The molecule has 0 aliphatic carbocycles. The number of nitrogens with zero attached hydrogens (tertiary/aromatic N) is 4. The molecule has 2 aliphatic heterocycles. The van der Waals surface area contributed by atoms with Crippen molar-refractivity contribution in [3.63, 3.8) is 0 Å². The summed E-state index contributed by atoms with van der Waals surface area (Å²) in [6.07, 6.45) is 2.80. The maximum atomic E-state index is 12.7. The molecule has 0 bridgehead atoms. The number of likely N-dealkylation sites (tertiary alicyclic amines) is 1. The van der Waals surface area contributed by atoms with E-state index in [9.17, 15) is 4.79 Å². The molecule has 178 valence electrons. The van der Waals surface area contributed by atoms with Crippen molar-refractivity contribution in [3.8, 4) is 17.1 Å². The summed E-state index contributed by atoms with van der Waals surface area (Å²) in [6.45, 7) is 2.69. The first-order valence-electron chi connectivity index (χ1n) is 11.6. The molecule has 2 fully saturated rings. The van der Waals surface area contributed by atoms with Crippen LogP contribution in [0.4, 0.5) is 0 Å². The van der Waals surface area contributed by atoms with E-state index < -0.39 is 5.79 Å². The lowest BCUT2D eigenvalue weighted by molar-refractivity contribution is -0.187. The van der Waals surface area contributed by atoms with Crippen molar-refractivity contribution in [3.05, 3.63) is 59.6 Å². The minimum Gasteiger partial charge on any atom is -0.347 e. The number of ether oxygens (including phenoxy) is 2. The van der Waals surface area contributed by atoms with Gasteiger partial charge in [0.25, 0.3) is 0 Å². The second-order valence-corrected chi connectivity index (χ2v) is 9.92. The van der Waals surface area contributed by atoms with Crippen molar-refractivity contribution < 1.29 is 14.3 Å². The van der Waals surface area contributed by atoms with Crippen molar-refractivity contribution >= 4 is 29.3 Å². The Balaban J connectivity index is 1.20. The van der Waals surface area contributed by atoms with E-state index in [0.29, 0.717) is 37.7 Å². The molecule has 2 saturated heterocycles. The largest absolute Gasteiger partial charge is 0.347 e. The number of aromatic nitrogens is 3. The van der Waals surface area contributed by atoms with Gasteiger partial charge in [-0.1, -0.05) is 41.6 Å². The molecule has 0 saturated carbocycles. The number of benzene rings is 2. The number of halogens is 1. The molecule has 2 aromatic carbocycles. The Kier molecular flexibility index (Phi) is 7.20. The van der Waals surface area contributed by atoms with Crippen LogP contribution in [0.5, 0.6) is 0 Å². The highest BCUT2D eigenvalue weighted by Crippen LogP contribution is 2.32. The standard InChI is InChI=1S/C25H27ClN4O3S/c26-20-10-8-19(9-11-20)23-27-28-24(30(23)21-5-2-1-3-6-21)34-18-4-7-22(31)29-14-12-25(13-15-29)32-16-17-33-25/h1-3,5-6,8-11H,4,7,12-18H2. The third kappa shape index (κ3) is 5.15. The van der Waals surface area contributed by atoms with Crippen LogP contribution in [-0.2, 0) is 14.3 Å². The topological polar surface area (TPSA) is 69.5 Å². The first-order chi connectivity index (χ1) is 16.6. The van der Waals surface area contributed by atoms with Gasteiger partial charge < -0.3 is 14.4 Å². The first kappa shape index (κ1) is 23.4. The second kappa shape index (κ2) is 10.5. The number of thioether (sulfide) groups is 1. The van der Waals surface area contributed by atoms with Gasteiger partial charge >= 0.3 is 0 Å². The fraction of sp³-hybridized carbons (Fsp3) is 0.400. The summed E-state index contributed by atoms with van der Waals surface area (Å²) < 4.78 is 13.6. The number of carbonyl (C=O) groups is 1. The maximum Gasteiger partial charge on any atom is 0.222 e. The monoisotopic (exact) mass is 498 g/mol. The van der Waals surface area contributed by atoms with Crippen LogP contribution < -0.4 is 0 Å². The summed E-state index contributed by atoms with van der Waals surface area (Å²) in [4.78, 5) is 14.6. The van der Waals surface area contributed by atoms with Gasteiger partial charge in [-0.15, -0.1) is 10.2 Å². The van der Waals surface area contributed by atoms with Crippen LogP contribution in [0.1, 0.15) is 25.7 Å². The minimum absolute atomic E-state index is 0.194. The minimum atomic E-state index is -0.448. The zero-order valence-electron chi connectivity index (χ0n) is 18.9. The number of amides is 1. The SMILES string of the molecule is O=C(CCCSc1nnc(-c2ccc(Cl)cc2)n1-c1ccccc1)N1CCC2(CC1)OCCO2. The van der Waals surface area contributed by atoms with E-state index in [0.717, 1.165) is 47.2 Å². The zero-order chi connectivity index (χ0) is 23.4. The molecular formula is C25H27ClN4O3S. The van der Waals surface area contributed by atoms with E-state index in [-0.39, 0.29) is 5.91 Å². The van der Waals surface area contributed by atoms with Gasteiger partial charge in [-0.3, -0.25) is 9.36 Å². The van der Waals surface area contributed by atoms with Gasteiger partial charge in [0.2, 0.25) is 5.91 Å². The molecule has 5 rings (SSSR count). The molecule has 1 spiro atoms. The Morgan fingerprint density at radius 3 is 2.41 bits per heavy atom. The smallest absolute Gasteiger partial charge is 0.222 e. The highest BCUT2D eigenvalue weighted by Gasteiger charge is 2.40. The van der Waals surface area contributed by atoms with Crippen LogP contribution in [0.15, 0.2) is 59.8 Å². The number of rotatable bonds is 7. The lowest BCUT2D eigenvalue weighted by atomic mass is 10.0. The number of para-hydroxylation sites is 1. The van der Waals surface area contributed by atoms with E-state index in [2.05, 4.69) is 14.8 Å². The van der Waals surface area contributed by atoms with Gasteiger partial charge in [-0.05, 0) is 42.8 Å². The van der Waals surface area contributed by atoms with Gasteiger partial charge in [0.1, 0.15) is 0 Å². The molecule has 9 heteroatoms. The van der Waals surface area contributed by atoms with Gasteiger partial charge in [0.05, 0.1) is 13.2 Å². The van der Waals surface area contributed by atoms with E-state index in [1.807, 2.05) is 59.5 Å². The van der Waals surface area contributed by atoms with E-state index in [4.69, 9.17) is 21.1 Å². The molecule has 0 atom stereocenters. The highest BCUT2D eigenvalue weighted by molar-refractivity contribution is 7.99. The van der Waals surface area contributed by atoms with Crippen LogP contribution >= 0.6 is 23.4 Å². The first-order valence-corrected chi connectivity index (χ1v) is 13.0. The summed E-state index contributed by atoms with van der Waals surface area (Å²) in [7, 11) is 0. The van der Waals surface area contributed by atoms with E-state index >= 15 is 0 Å². The normalized spacial score (nSPS) is 17.4. The summed E-state index contributed by atoms with van der Waals surface area (Å²) in [6, 6.07) is 17.7. The molecule has 0 unspecified atom stereocenters. The van der Waals surface area contributed by atoms with Crippen molar-refractivity contribution in [1.82, 2.24) is 19.7 Å². The molecule has 3 aromatic rings. The molecule has 0 radical (unpaired) electrons. The molecule has 7 nitrogen and oxygen atoms in total. The van der Waals surface area contributed by atoms with E-state index in [1.54, 1.807) is 11.8 Å². The molecule has 1 aromatic heterocycles. The van der Waals surface area contributed by atoms with Gasteiger partial charge in [0.15, 0.2) is 16.8 Å². The lowest BCUT2D eigenvalue weighted by Crippen LogP contribution is -2.47.